The highest BCUT2D eigenvalue weighted by molar-refractivity contribution is 7.45. The zero-order valence-electron chi connectivity index (χ0n) is 11.8. The van der Waals surface area contributed by atoms with Crippen LogP contribution in [0.2, 0.25) is 0 Å². The number of rotatable bonds is 13. The second-order valence-corrected chi connectivity index (χ2v) is 4.70. The number of unbranched alkanes of at least 4 members (excludes halogenated alkanes) is 3. The molecule has 1 atom stereocenters. The average molecular weight is 306 g/mol. The lowest BCUT2D eigenvalue weighted by atomic mass is 10.2. The number of hydrogen-bond donors (Lipinski definition) is 2. The van der Waals surface area contributed by atoms with E-state index in [-0.39, 0.29) is 11.9 Å². The summed E-state index contributed by atoms with van der Waals surface area (Å²) in [6.07, 6.45) is 3.80. The van der Waals surface area contributed by atoms with E-state index in [9.17, 15) is 9.59 Å². The maximum absolute atomic E-state index is 10.8. The molecular formula is C12H23N2O5P. The van der Waals surface area contributed by atoms with Crippen LogP contribution < -0.4 is 5.48 Å². The third-order valence-corrected chi connectivity index (χ3v) is 2.75. The molecule has 0 aliphatic heterocycles. The van der Waals surface area contributed by atoms with Crippen molar-refractivity contribution < 1.29 is 24.4 Å². The maximum atomic E-state index is 10.8. The first kappa shape index (κ1) is 19.0. The highest BCUT2D eigenvalue weighted by Gasteiger charge is 1.98. The van der Waals surface area contributed by atoms with Gasteiger partial charge in [0.15, 0.2) is 5.52 Å². The average Bonchev–Trinajstić information content (AvgIpc) is 2.39. The molecule has 2 N–H and O–H groups in total. The topological polar surface area (TPSA) is 97.2 Å². The lowest BCUT2D eigenvalue weighted by Gasteiger charge is -2.04. The van der Waals surface area contributed by atoms with Gasteiger partial charge in [0.25, 0.3) is 0 Å². The Morgan fingerprint density at radius 3 is 2.45 bits per heavy atom. The van der Waals surface area contributed by atoms with E-state index in [1.54, 1.807) is 6.92 Å². The predicted octanol–water partition coefficient (Wildman–Crippen LogP) is 1.34. The van der Waals surface area contributed by atoms with Crippen molar-refractivity contribution in [2.75, 3.05) is 19.8 Å². The van der Waals surface area contributed by atoms with Gasteiger partial charge in [0.1, 0.15) is 12.3 Å². The number of oxime groups is 1. The summed E-state index contributed by atoms with van der Waals surface area (Å²) < 4.78 is 0. The van der Waals surface area contributed by atoms with Gasteiger partial charge in [0.2, 0.25) is 0 Å². The fraction of sp³-hybridized carbons (Fsp3) is 0.750. The van der Waals surface area contributed by atoms with E-state index in [0.717, 1.165) is 25.7 Å². The number of hydrogen-bond acceptors (Lipinski definition) is 6. The molecule has 0 aromatic heterocycles. The van der Waals surface area contributed by atoms with E-state index in [1.807, 2.05) is 9.24 Å². The summed E-state index contributed by atoms with van der Waals surface area (Å²) in [4.78, 5) is 31.1. The number of carbonyl (C=O) groups is 2. The van der Waals surface area contributed by atoms with Crippen molar-refractivity contribution in [3.8, 4) is 0 Å². The first-order valence-electron chi connectivity index (χ1n) is 6.57. The molecule has 0 saturated carbocycles. The predicted molar refractivity (Wildman–Crippen MR) is 78.5 cm³/mol. The molecule has 0 aromatic rings. The van der Waals surface area contributed by atoms with E-state index in [1.165, 1.54) is 0 Å². The van der Waals surface area contributed by atoms with Gasteiger partial charge in [-0.3, -0.25) is 9.59 Å². The number of hydroxylamine groups is 1. The summed E-state index contributed by atoms with van der Waals surface area (Å²) in [5, 5.41) is 12.1. The van der Waals surface area contributed by atoms with Gasteiger partial charge in [-0.2, -0.15) is 0 Å². The van der Waals surface area contributed by atoms with Gasteiger partial charge < -0.3 is 14.8 Å². The number of carboxylic acids is 1. The van der Waals surface area contributed by atoms with E-state index < -0.39 is 5.97 Å². The van der Waals surface area contributed by atoms with Gasteiger partial charge in [0.05, 0.1) is 13.0 Å². The summed E-state index contributed by atoms with van der Waals surface area (Å²) in [5.41, 5.74) is 2.77. The molecule has 1 unspecified atom stereocenters. The van der Waals surface area contributed by atoms with Crippen molar-refractivity contribution in [2.24, 2.45) is 5.16 Å². The van der Waals surface area contributed by atoms with Gasteiger partial charge in [-0.15, -0.1) is 0 Å². The van der Waals surface area contributed by atoms with Crippen molar-refractivity contribution in [1.82, 2.24) is 5.48 Å². The van der Waals surface area contributed by atoms with E-state index >= 15 is 0 Å². The summed E-state index contributed by atoms with van der Waals surface area (Å²) in [6, 6.07) is 0. The zero-order chi connectivity index (χ0) is 15.2. The molecule has 7 nitrogen and oxygen atoms in total. The van der Waals surface area contributed by atoms with Crippen LogP contribution in [-0.2, 0) is 19.3 Å². The lowest BCUT2D eigenvalue weighted by Crippen LogP contribution is -2.19. The summed E-state index contributed by atoms with van der Waals surface area (Å²) in [6.45, 7) is 2.96. The standard InChI is InChI=1S/C12H23N2O5P/c1-10(12(17)20)14-19-9-5-3-2-4-8-18-13-7-6-11(15)16/h13H,2-9,20H2,1H3,(H,15,16)/b14-10-. The van der Waals surface area contributed by atoms with Gasteiger partial charge in [-0.05, 0) is 26.2 Å². The van der Waals surface area contributed by atoms with Crippen molar-refractivity contribution in [3.05, 3.63) is 0 Å². The fourth-order valence-electron chi connectivity index (χ4n) is 1.18. The Kier molecular flexibility index (Phi) is 12.3. The number of carboxylic acid groups (broad SMARTS) is 1. The Bertz CT molecular complexity index is 323. The third-order valence-electron chi connectivity index (χ3n) is 2.33. The van der Waals surface area contributed by atoms with Crippen LogP contribution >= 0.6 is 9.24 Å². The quantitative estimate of drug-likeness (QED) is 0.231. The SMILES string of the molecule is C/C(=N/OCCCCCCONCCC(=O)O)C(=O)P. The molecule has 0 heterocycles. The highest BCUT2D eigenvalue weighted by atomic mass is 31.0. The molecule has 116 valence electrons. The van der Waals surface area contributed by atoms with Crippen molar-refractivity contribution in [3.63, 3.8) is 0 Å². The van der Waals surface area contributed by atoms with Crippen LogP contribution in [-0.4, -0.2) is 42.1 Å². The van der Waals surface area contributed by atoms with Crippen molar-refractivity contribution in [1.29, 1.82) is 0 Å². The Labute approximate surface area is 121 Å². The van der Waals surface area contributed by atoms with Crippen LogP contribution in [0.1, 0.15) is 39.0 Å². The molecule has 0 rings (SSSR count). The normalized spacial score (nSPS) is 11.4. The second kappa shape index (κ2) is 13.0. The Hall–Kier alpha value is -1.04. The molecule has 8 heteroatoms. The maximum Gasteiger partial charge on any atom is 0.304 e. The number of carbonyl (C=O) groups excluding carboxylic acids is 1. The number of nitrogens with one attached hydrogen (secondary N) is 1. The van der Waals surface area contributed by atoms with Crippen LogP contribution in [0.5, 0.6) is 0 Å². The third kappa shape index (κ3) is 13.4. The number of nitrogens with zero attached hydrogens (tertiary/aromatic N) is 1. The first-order chi connectivity index (χ1) is 9.54. The first-order valence-corrected chi connectivity index (χ1v) is 7.14. The number of aliphatic carboxylic acids is 1. The molecule has 0 aliphatic carbocycles. The molecule has 0 bridgehead atoms. The molecule has 0 saturated heterocycles. The summed E-state index contributed by atoms with van der Waals surface area (Å²) in [5.74, 6) is -0.845. The van der Waals surface area contributed by atoms with Crippen LogP contribution in [0.25, 0.3) is 0 Å². The highest BCUT2D eigenvalue weighted by Crippen LogP contribution is 2.01. The van der Waals surface area contributed by atoms with Crippen molar-refractivity contribution in [2.45, 2.75) is 39.0 Å². The van der Waals surface area contributed by atoms with Crippen LogP contribution in [0, 0.1) is 0 Å². The minimum atomic E-state index is -0.845. The Morgan fingerprint density at radius 2 is 1.85 bits per heavy atom. The molecule has 0 fully saturated rings. The molecule has 0 spiro atoms. The Balaban J connectivity index is 3.19. The van der Waals surface area contributed by atoms with Gasteiger partial charge in [-0.25, -0.2) is 5.48 Å². The molecule has 0 radical (unpaired) electrons. The van der Waals surface area contributed by atoms with E-state index in [0.29, 0.717) is 25.5 Å². The van der Waals surface area contributed by atoms with Crippen LogP contribution in [0.4, 0.5) is 0 Å². The molecule has 20 heavy (non-hydrogen) atoms. The van der Waals surface area contributed by atoms with E-state index in [2.05, 4.69) is 10.6 Å². The van der Waals surface area contributed by atoms with Gasteiger partial charge in [-0.1, -0.05) is 20.8 Å². The minimum absolute atomic E-state index is 0.0516. The minimum Gasteiger partial charge on any atom is -0.481 e. The molecule has 0 amide bonds. The Morgan fingerprint density at radius 1 is 1.20 bits per heavy atom. The fourth-order valence-corrected chi connectivity index (χ4v) is 1.24. The van der Waals surface area contributed by atoms with Crippen LogP contribution in [0.15, 0.2) is 5.16 Å². The molecular weight excluding hydrogens is 283 g/mol. The monoisotopic (exact) mass is 306 g/mol. The lowest BCUT2D eigenvalue weighted by molar-refractivity contribution is -0.137. The zero-order valence-corrected chi connectivity index (χ0v) is 12.9. The summed E-state index contributed by atoms with van der Waals surface area (Å²) >= 11 is 0. The molecule has 0 aromatic carbocycles. The molecule has 0 aliphatic rings. The van der Waals surface area contributed by atoms with Gasteiger partial charge >= 0.3 is 5.97 Å². The smallest absolute Gasteiger partial charge is 0.304 e. The largest absolute Gasteiger partial charge is 0.481 e. The van der Waals surface area contributed by atoms with Crippen molar-refractivity contribution >= 4 is 26.4 Å². The van der Waals surface area contributed by atoms with Gasteiger partial charge in [0, 0.05) is 6.54 Å². The van der Waals surface area contributed by atoms with Crippen LogP contribution in [0.3, 0.4) is 0 Å². The summed E-state index contributed by atoms with van der Waals surface area (Å²) in [7, 11) is 2.04. The second-order valence-electron chi connectivity index (χ2n) is 4.17. The van der Waals surface area contributed by atoms with E-state index in [4.69, 9.17) is 14.8 Å².